The van der Waals surface area contributed by atoms with E-state index in [1.54, 1.807) is 24.4 Å². The van der Waals surface area contributed by atoms with E-state index in [1.165, 1.54) is 12.8 Å². The van der Waals surface area contributed by atoms with Crippen LogP contribution in [0.4, 0.5) is 5.69 Å². The summed E-state index contributed by atoms with van der Waals surface area (Å²) in [6, 6.07) is 12.8. The summed E-state index contributed by atoms with van der Waals surface area (Å²) in [5.41, 5.74) is 1.13. The summed E-state index contributed by atoms with van der Waals surface area (Å²) in [5, 5.41) is 2.84. The summed E-state index contributed by atoms with van der Waals surface area (Å²) in [6.07, 6.45) is 6.62. The molecule has 108 valence electrons. The Hall–Kier alpha value is -2.36. The van der Waals surface area contributed by atoms with E-state index in [4.69, 9.17) is 4.74 Å². The highest BCUT2D eigenvalue weighted by Gasteiger charge is 2.16. The molecule has 3 rings (SSSR count). The standard InChI is InChI=1S/C17H18N2O2/c20-17(16-10-3-4-11-18-16)19-13-6-5-9-15(12-13)21-14-7-1-2-8-14/h3-6,9-12,14H,1-2,7-8H2,(H,19,20). The summed E-state index contributed by atoms with van der Waals surface area (Å²) in [5.74, 6) is 0.592. The highest BCUT2D eigenvalue weighted by molar-refractivity contribution is 6.02. The minimum Gasteiger partial charge on any atom is -0.490 e. The second-order valence-electron chi connectivity index (χ2n) is 5.22. The van der Waals surface area contributed by atoms with Gasteiger partial charge in [-0.2, -0.15) is 0 Å². The molecule has 2 aromatic rings. The van der Waals surface area contributed by atoms with Crippen LogP contribution in [0.15, 0.2) is 48.7 Å². The second-order valence-corrected chi connectivity index (χ2v) is 5.22. The maximum absolute atomic E-state index is 12.1. The maximum atomic E-state index is 12.1. The molecular formula is C17H18N2O2. The molecule has 1 N–H and O–H groups in total. The number of carbonyl (C=O) groups excluding carboxylic acids is 1. The Kier molecular flexibility index (Phi) is 4.15. The van der Waals surface area contributed by atoms with Gasteiger partial charge in [0.2, 0.25) is 0 Å². The van der Waals surface area contributed by atoms with Crippen LogP contribution in [0.1, 0.15) is 36.2 Å². The number of nitrogens with zero attached hydrogens (tertiary/aromatic N) is 1. The van der Waals surface area contributed by atoms with Crippen molar-refractivity contribution in [2.75, 3.05) is 5.32 Å². The Morgan fingerprint density at radius 2 is 2.00 bits per heavy atom. The van der Waals surface area contributed by atoms with Gasteiger partial charge in [0.25, 0.3) is 5.91 Å². The van der Waals surface area contributed by atoms with Crippen LogP contribution in [0.3, 0.4) is 0 Å². The predicted molar refractivity (Wildman–Crippen MR) is 81.5 cm³/mol. The maximum Gasteiger partial charge on any atom is 0.274 e. The van der Waals surface area contributed by atoms with Crippen LogP contribution in [-0.4, -0.2) is 17.0 Å². The Morgan fingerprint density at radius 3 is 2.76 bits per heavy atom. The van der Waals surface area contributed by atoms with Crippen LogP contribution >= 0.6 is 0 Å². The molecule has 0 unspecified atom stereocenters. The van der Waals surface area contributed by atoms with E-state index < -0.39 is 0 Å². The molecule has 0 bridgehead atoms. The molecule has 1 aliphatic rings. The molecule has 1 heterocycles. The van der Waals surface area contributed by atoms with Crippen molar-refractivity contribution in [3.05, 3.63) is 54.4 Å². The Labute approximate surface area is 124 Å². The van der Waals surface area contributed by atoms with E-state index in [2.05, 4.69) is 10.3 Å². The van der Waals surface area contributed by atoms with Gasteiger partial charge in [-0.25, -0.2) is 0 Å². The molecule has 0 aliphatic heterocycles. The monoisotopic (exact) mass is 282 g/mol. The molecule has 1 amide bonds. The first kappa shape index (κ1) is 13.6. The largest absolute Gasteiger partial charge is 0.490 e. The van der Waals surface area contributed by atoms with Gasteiger partial charge in [0.05, 0.1) is 6.10 Å². The highest BCUT2D eigenvalue weighted by atomic mass is 16.5. The summed E-state index contributed by atoms with van der Waals surface area (Å²) in [4.78, 5) is 16.1. The van der Waals surface area contributed by atoms with Crippen LogP contribution in [0.25, 0.3) is 0 Å². The molecule has 0 saturated heterocycles. The zero-order valence-corrected chi connectivity index (χ0v) is 11.8. The molecule has 1 fully saturated rings. The van der Waals surface area contributed by atoms with E-state index in [0.29, 0.717) is 11.8 Å². The fourth-order valence-electron chi connectivity index (χ4n) is 2.54. The van der Waals surface area contributed by atoms with Crippen LogP contribution in [0.2, 0.25) is 0 Å². The van der Waals surface area contributed by atoms with Gasteiger partial charge in [0.15, 0.2) is 0 Å². The fraction of sp³-hybridized carbons (Fsp3) is 0.294. The number of pyridine rings is 1. The Bertz CT molecular complexity index is 607. The topological polar surface area (TPSA) is 51.2 Å². The van der Waals surface area contributed by atoms with E-state index in [0.717, 1.165) is 24.3 Å². The van der Waals surface area contributed by atoms with Crippen LogP contribution < -0.4 is 10.1 Å². The minimum absolute atomic E-state index is 0.214. The van der Waals surface area contributed by atoms with Gasteiger partial charge in [-0.15, -0.1) is 0 Å². The third-order valence-corrected chi connectivity index (χ3v) is 3.59. The Balaban J connectivity index is 1.66. The number of amides is 1. The number of aromatic nitrogens is 1. The van der Waals surface area contributed by atoms with E-state index >= 15 is 0 Å². The van der Waals surface area contributed by atoms with Crippen molar-refractivity contribution in [3.8, 4) is 5.75 Å². The van der Waals surface area contributed by atoms with Crippen LogP contribution in [-0.2, 0) is 0 Å². The molecule has 21 heavy (non-hydrogen) atoms. The third kappa shape index (κ3) is 3.60. The van der Waals surface area contributed by atoms with Crippen molar-refractivity contribution in [1.29, 1.82) is 0 Å². The lowest BCUT2D eigenvalue weighted by atomic mass is 10.2. The van der Waals surface area contributed by atoms with Crippen LogP contribution in [0, 0.1) is 0 Å². The number of hydrogen-bond acceptors (Lipinski definition) is 3. The zero-order chi connectivity index (χ0) is 14.5. The lowest BCUT2D eigenvalue weighted by Crippen LogP contribution is -2.14. The number of nitrogens with one attached hydrogen (secondary N) is 1. The van der Waals surface area contributed by atoms with Crippen molar-refractivity contribution in [2.45, 2.75) is 31.8 Å². The first-order valence-corrected chi connectivity index (χ1v) is 7.30. The average molecular weight is 282 g/mol. The Morgan fingerprint density at radius 1 is 1.14 bits per heavy atom. The molecule has 1 saturated carbocycles. The lowest BCUT2D eigenvalue weighted by molar-refractivity contribution is 0.102. The first-order chi connectivity index (χ1) is 10.3. The molecule has 0 radical (unpaired) electrons. The summed E-state index contributed by atoms with van der Waals surface area (Å²) in [6.45, 7) is 0. The number of hydrogen-bond donors (Lipinski definition) is 1. The van der Waals surface area contributed by atoms with Gasteiger partial charge in [-0.3, -0.25) is 9.78 Å². The van der Waals surface area contributed by atoms with Gasteiger partial charge < -0.3 is 10.1 Å². The normalized spacial score (nSPS) is 14.9. The summed E-state index contributed by atoms with van der Waals surface area (Å²) in [7, 11) is 0. The molecular weight excluding hydrogens is 264 g/mol. The number of anilines is 1. The zero-order valence-electron chi connectivity index (χ0n) is 11.8. The van der Waals surface area contributed by atoms with Gasteiger partial charge in [-0.05, 0) is 49.9 Å². The first-order valence-electron chi connectivity index (χ1n) is 7.30. The van der Waals surface area contributed by atoms with Crippen LogP contribution in [0.5, 0.6) is 5.75 Å². The SMILES string of the molecule is O=C(Nc1cccc(OC2CCCC2)c1)c1ccccn1. The van der Waals surface area contributed by atoms with E-state index in [9.17, 15) is 4.79 Å². The average Bonchev–Trinajstić information content (AvgIpc) is 3.01. The third-order valence-electron chi connectivity index (χ3n) is 3.59. The highest BCUT2D eigenvalue weighted by Crippen LogP contribution is 2.25. The van der Waals surface area contributed by atoms with Gasteiger partial charge in [0.1, 0.15) is 11.4 Å². The molecule has 4 nitrogen and oxygen atoms in total. The number of benzene rings is 1. The molecule has 1 aromatic carbocycles. The lowest BCUT2D eigenvalue weighted by Gasteiger charge is -2.14. The number of carbonyl (C=O) groups is 1. The van der Waals surface area contributed by atoms with Crippen molar-refractivity contribution >= 4 is 11.6 Å². The number of ether oxygens (including phenoxy) is 1. The number of rotatable bonds is 4. The summed E-state index contributed by atoms with van der Waals surface area (Å²) >= 11 is 0. The van der Waals surface area contributed by atoms with Gasteiger partial charge >= 0.3 is 0 Å². The molecule has 1 aliphatic carbocycles. The fourth-order valence-corrected chi connectivity index (χ4v) is 2.54. The molecule has 0 spiro atoms. The van der Waals surface area contributed by atoms with E-state index in [-0.39, 0.29) is 5.91 Å². The molecule has 0 atom stereocenters. The second kappa shape index (κ2) is 6.39. The molecule has 4 heteroatoms. The quantitative estimate of drug-likeness (QED) is 0.931. The van der Waals surface area contributed by atoms with Gasteiger partial charge in [0, 0.05) is 18.0 Å². The van der Waals surface area contributed by atoms with Gasteiger partial charge in [-0.1, -0.05) is 12.1 Å². The van der Waals surface area contributed by atoms with Crippen molar-refractivity contribution in [1.82, 2.24) is 4.98 Å². The molecule has 1 aromatic heterocycles. The minimum atomic E-state index is -0.214. The van der Waals surface area contributed by atoms with Crippen molar-refractivity contribution < 1.29 is 9.53 Å². The van der Waals surface area contributed by atoms with Crippen molar-refractivity contribution in [2.24, 2.45) is 0 Å². The van der Waals surface area contributed by atoms with E-state index in [1.807, 2.05) is 24.3 Å². The smallest absolute Gasteiger partial charge is 0.274 e. The summed E-state index contributed by atoms with van der Waals surface area (Å²) < 4.78 is 5.94. The predicted octanol–water partition coefficient (Wildman–Crippen LogP) is 3.66. The van der Waals surface area contributed by atoms with Crippen molar-refractivity contribution in [3.63, 3.8) is 0 Å².